The lowest BCUT2D eigenvalue weighted by molar-refractivity contribution is 0.162. The Kier molecular flexibility index (Phi) is 4.44. The molecular formula is C13H20FNO. The van der Waals surface area contributed by atoms with Crippen LogP contribution in [-0.4, -0.2) is 17.8 Å². The second-order valence-electron chi connectivity index (χ2n) is 4.45. The second kappa shape index (κ2) is 5.41. The lowest BCUT2D eigenvalue weighted by Gasteiger charge is -2.32. The first-order chi connectivity index (χ1) is 7.51. The summed E-state index contributed by atoms with van der Waals surface area (Å²) in [6.07, 6.45) is 0.963. The molecule has 2 nitrogen and oxygen atoms in total. The molecule has 1 rings (SSSR count). The molecule has 2 N–H and O–H groups in total. The van der Waals surface area contributed by atoms with Gasteiger partial charge in [-0.3, -0.25) is 0 Å². The van der Waals surface area contributed by atoms with Crippen LogP contribution < -0.4 is 5.32 Å². The summed E-state index contributed by atoms with van der Waals surface area (Å²) in [6, 6.07) is 6.64. The number of hydrogen-bond donors (Lipinski definition) is 2. The fraction of sp³-hybridized carbons (Fsp3) is 0.538. The van der Waals surface area contributed by atoms with Crippen molar-refractivity contribution in [1.82, 2.24) is 5.32 Å². The molecule has 0 aliphatic carbocycles. The Morgan fingerprint density at radius 1 is 1.50 bits per heavy atom. The minimum atomic E-state index is -0.586. The third kappa shape index (κ3) is 3.03. The first-order valence-electron chi connectivity index (χ1n) is 5.66. The molecule has 2 unspecified atom stereocenters. The molecule has 1 aromatic carbocycles. The molecule has 0 radical (unpaired) electrons. The zero-order valence-corrected chi connectivity index (χ0v) is 10.1. The molecule has 16 heavy (non-hydrogen) atoms. The van der Waals surface area contributed by atoms with Crippen LogP contribution in [-0.2, 0) is 5.54 Å². The summed E-state index contributed by atoms with van der Waals surface area (Å²) in [4.78, 5) is 0. The summed E-state index contributed by atoms with van der Waals surface area (Å²) in [5.41, 5.74) is 0.188. The molecule has 2 atom stereocenters. The summed E-state index contributed by atoms with van der Waals surface area (Å²) in [7, 11) is 0. The van der Waals surface area contributed by atoms with E-state index in [1.807, 2.05) is 19.9 Å². The molecule has 90 valence electrons. The van der Waals surface area contributed by atoms with Crippen molar-refractivity contribution in [2.75, 3.05) is 6.61 Å². The monoisotopic (exact) mass is 225 g/mol. The summed E-state index contributed by atoms with van der Waals surface area (Å²) >= 11 is 0. The lowest BCUT2D eigenvalue weighted by Crippen LogP contribution is -2.47. The van der Waals surface area contributed by atoms with Crippen LogP contribution in [0.15, 0.2) is 24.3 Å². The van der Waals surface area contributed by atoms with Crippen LogP contribution in [0.25, 0.3) is 0 Å². The first-order valence-corrected chi connectivity index (χ1v) is 5.66. The van der Waals surface area contributed by atoms with Crippen molar-refractivity contribution in [3.05, 3.63) is 35.6 Å². The van der Waals surface area contributed by atoms with Crippen molar-refractivity contribution in [3.63, 3.8) is 0 Å². The highest BCUT2D eigenvalue weighted by Gasteiger charge is 2.27. The van der Waals surface area contributed by atoms with Crippen molar-refractivity contribution in [2.45, 2.75) is 38.8 Å². The summed E-state index contributed by atoms with van der Waals surface area (Å²) in [6.45, 7) is 5.95. The van der Waals surface area contributed by atoms with Crippen LogP contribution in [0.2, 0.25) is 0 Å². The fourth-order valence-electron chi connectivity index (χ4n) is 1.70. The number of rotatable bonds is 5. The molecule has 3 heteroatoms. The van der Waals surface area contributed by atoms with Crippen molar-refractivity contribution in [1.29, 1.82) is 0 Å². The van der Waals surface area contributed by atoms with Gasteiger partial charge in [0.2, 0.25) is 0 Å². The van der Waals surface area contributed by atoms with Gasteiger partial charge < -0.3 is 10.4 Å². The smallest absolute Gasteiger partial charge is 0.123 e. The molecule has 0 fully saturated rings. The molecule has 0 saturated heterocycles. The van der Waals surface area contributed by atoms with Crippen LogP contribution in [0.5, 0.6) is 0 Å². The Morgan fingerprint density at radius 3 is 2.69 bits per heavy atom. The van der Waals surface area contributed by atoms with Gasteiger partial charge in [0.15, 0.2) is 0 Å². The van der Waals surface area contributed by atoms with Gasteiger partial charge in [-0.05, 0) is 38.0 Å². The zero-order chi connectivity index (χ0) is 12.2. The molecule has 0 aliphatic rings. The van der Waals surface area contributed by atoms with Crippen LogP contribution >= 0.6 is 0 Å². The number of aliphatic hydroxyl groups is 1. The van der Waals surface area contributed by atoms with E-state index >= 15 is 0 Å². The predicted octanol–water partition coefficient (Wildman–Crippen LogP) is 2.42. The minimum Gasteiger partial charge on any atom is -0.394 e. The minimum absolute atomic E-state index is 0.0548. The lowest BCUT2D eigenvalue weighted by atomic mass is 9.91. The number of benzene rings is 1. The number of nitrogens with one attached hydrogen (secondary N) is 1. The zero-order valence-electron chi connectivity index (χ0n) is 10.1. The van der Waals surface area contributed by atoms with Crippen LogP contribution in [0, 0.1) is 5.82 Å². The third-order valence-electron chi connectivity index (χ3n) is 2.96. The molecule has 0 amide bonds. The van der Waals surface area contributed by atoms with Gasteiger partial charge >= 0.3 is 0 Å². The molecule has 1 aromatic rings. The van der Waals surface area contributed by atoms with Crippen molar-refractivity contribution in [3.8, 4) is 0 Å². The Bertz CT molecular complexity index is 342. The van der Waals surface area contributed by atoms with E-state index in [0.717, 1.165) is 12.0 Å². The van der Waals surface area contributed by atoms with Crippen molar-refractivity contribution >= 4 is 0 Å². The van der Waals surface area contributed by atoms with Gasteiger partial charge in [-0.1, -0.05) is 19.1 Å². The normalized spacial score (nSPS) is 16.8. The quantitative estimate of drug-likeness (QED) is 0.806. The molecular weight excluding hydrogens is 205 g/mol. The standard InChI is InChI=1S/C13H20FNO/c1-4-10(2)15-13(3,9-16)11-6-5-7-12(14)8-11/h5-8,10,15-16H,4,9H2,1-3H3. The number of aliphatic hydroxyl groups excluding tert-OH is 1. The highest BCUT2D eigenvalue weighted by atomic mass is 19.1. The third-order valence-corrected chi connectivity index (χ3v) is 2.96. The molecule has 0 aliphatic heterocycles. The Balaban J connectivity index is 2.95. The van der Waals surface area contributed by atoms with E-state index < -0.39 is 5.54 Å². The summed E-state index contributed by atoms with van der Waals surface area (Å²) < 4.78 is 13.1. The Hall–Kier alpha value is -0.930. The van der Waals surface area contributed by atoms with E-state index in [4.69, 9.17) is 0 Å². The molecule has 0 bridgehead atoms. The van der Waals surface area contributed by atoms with Gasteiger partial charge in [-0.25, -0.2) is 4.39 Å². The summed E-state index contributed by atoms with van der Waals surface area (Å²) in [5.74, 6) is -0.275. The van der Waals surface area contributed by atoms with E-state index in [0.29, 0.717) is 0 Å². The highest BCUT2D eigenvalue weighted by Crippen LogP contribution is 2.22. The fourth-order valence-corrected chi connectivity index (χ4v) is 1.70. The van der Waals surface area contributed by atoms with Gasteiger partial charge in [-0.15, -0.1) is 0 Å². The molecule has 0 saturated carbocycles. The average Bonchev–Trinajstić information content (AvgIpc) is 2.28. The molecule has 0 heterocycles. The van der Waals surface area contributed by atoms with Crippen LogP contribution in [0.4, 0.5) is 4.39 Å². The van der Waals surface area contributed by atoms with E-state index in [1.165, 1.54) is 12.1 Å². The predicted molar refractivity (Wildman–Crippen MR) is 63.7 cm³/mol. The van der Waals surface area contributed by atoms with E-state index in [1.54, 1.807) is 6.07 Å². The Morgan fingerprint density at radius 2 is 2.19 bits per heavy atom. The van der Waals surface area contributed by atoms with Crippen LogP contribution in [0.3, 0.4) is 0 Å². The van der Waals surface area contributed by atoms with Gasteiger partial charge in [0.25, 0.3) is 0 Å². The second-order valence-corrected chi connectivity index (χ2v) is 4.45. The average molecular weight is 225 g/mol. The largest absolute Gasteiger partial charge is 0.394 e. The first kappa shape index (κ1) is 13.1. The van der Waals surface area contributed by atoms with E-state index in [2.05, 4.69) is 12.2 Å². The maximum atomic E-state index is 13.1. The number of halogens is 1. The van der Waals surface area contributed by atoms with Gasteiger partial charge in [0.1, 0.15) is 5.82 Å². The number of hydrogen-bond acceptors (Lipinski definition) is 2. The van der Waals surface area contributed by atoms with E-state index in [9.17, 15) is 9.50 Å². The topological polar surface area (TPSA) is 32.3 Å². The van der Waals surface area contributed by atoms with Gasteiger partial charge in [0, 0.05) is 6.04 Å². The maximum absolute atomic E-state index is 13.1. The van der Waals surface area contributed by atoms with Gasteiger partial charge in [0.05, 0.1) is 12.1 Å². The Labute approximate surface area is 96.5 Å². The van der Waals surface area contributed by atoms with Crippen molar-refractivity contribution < 1.29 is 9.50 Å². The maximum Gasteiger partial charge on any atom is 0.123 e. The molecule has 0 spiro atoms. The highest BCUT2D eigenvalue weighted by molar-refractivity contribution is 5.24. The van der Waals surface area contributed by atoms with Crippen LogP contribution in [0.1, 0.15) is 32.8 Å². The SMILES string of the molecule is CCC(C)NC(C)(CO)c1cccc(F)c1. The van der Waals surface area contributed by atoms with Gasteiger partial charge in [-0.2, -0.15) is 0 Å². The van der Waals surface area contributed by atoms with Crippen molar-refractivity contribution in [2.24, 2.45) is 0 Å². The van der Waals surface area contributed by atoms with E-state index in [-0.39, 0.29) is 18.5 Å². The molecule has 0 aromatic heterocycles. The summed E-state index contributed by atoms with van der Waals surface area (Å²) in [5, 5.41) is 12.8.